The van der Waals surface area contributed by atoms with Crippen LogP contribution in [0.5, 0.6) is 11.5 Å². The normalized spacial score (nSPS) is 11.1. The third-order valence-corrected chi connectivity index (χ3v) is 5.37. The maximum absolute atomic E-state index is 13.0. The Hall–Kier alpha value is -4.66. The van der Waals surface area contributed by atoms with E-state index in [1.165, 1.54) is 47.5 Å². The maximum atomic E-state index is 13.0. The second-order valence-electron chi connectivity index (χ2n) is 7.77. The van der Waals surface area contributed by atoms with E-state index in [-0.39, 0.29) is 22.6 Å². The van der Waals surface area contributed by atoms with Gasteiger partial charge in [0.15, 0.2) is 0 Å². The van der Waals surface area contributed by atoms with Crippen LogP contribution in [0.1, 0.15) is 32.0 Å². The lowest BCUT2D eigenvalue weighted by molar-refractivity contribution is -0.137. The summed E-state index contributed by atoms with van der Waals surface area (Å²) >= 11 is 0. The van der Waals surface area contributed by atoms with E-state index in [1.807, 2.05) is 0 Å². The fourth-order valence-corrected chi connectivity index (χ4v) is 3.45. The number of carbonyl (C=O) groups is 2. The van der Waals surface area contributed by atoms with Crippen molar-refractivity contribution in [3.63, 3.8) is 0 Å². The van der Waals surface area contributed by atoms with Crippen LogP contribution in [-0.2, 0) is 6.18 Å². The van der Waals surface area contributed by atoms with Crippen LogP contribution in [0.25, 0.3) is 0 Å². The number of pyridine rings is 1. The van der Waals surface area contributed by atoms with E-state index in [9.17, 15) is 27.9 Å². The van der Waals surface area contributed by atoms with Gasteiger partial charge in [0.1, 0.15) is 22.8 Å². The highest BCUT2D eigenvalue weighted by Gasteiger charge is 2.30. The number of aromatic nitrogens is 1. The Morgan fingerprint density at radius 1 is 0.889 bits per heavy atom. The number of ketones is 1. The van der Waals surface area contributed by atoms with Crippen LogP contribution in [0.15, 0.2) is 91.1 Å². The van der Waals surface area contributed by atoms with Crippen LogP contribution < -0.4 is 9.64 Å². The molecule has 4 rings (SSSR count). The minimum absolute atomic E-state index is 0.0456. The summed E-state index contributed by atoms with van der Waals surface area (Å²) in [6.07, 6.45) is -3.11. The number of anilines is 2. The molecule has 0 fully saturated rings. The van der Waals surface area contributed by atoms with Gasteiger partial charge in [-0.25, -0.2) is 4.79 Å². The molecule has 1 aromatic heterocycles. The molecule has 36 heavy (non-hydrogen) atoms. The first-order valence-electron chi connectivity index (χ1n) is 10.7. The number of alkyl halides is 3. The Kier molecular flexibility index (Phi) is 6.73. The van der Waals surface area contributed by atoms with Crippen molar-refractivity contribution >= 4 is 23.1 Å². The van der Waals surface area contributed by atoms with Crippen LogP contribution in [0.2, 0.25) is 0 Å². The zero-order chi connectivity index (χ0) is 25.9. The number of ether oxygens (including phenoxy) is 1. The van der Waals surface area contributed by atoms with E-state index >= 15 is 0 Å². The van der Waals surface area contributed by atoms with Crippen LogP contribution >= 0.6 is 0 Å². The lowest BCUT2D eigenvalue weighted by Gasteiger charge is -2.20. The minimum atomic E-state index is -4.47. The lowest BCUT2D eigenvalue weighted by atomic mass is 10.0. The van der Waals surface area contributed by atoms with Crippen molar-refractivity contribution in [2.75, 3.05) is 11.9 Å². The molecule has 0 bridgehead atoms. The van der Waals surface area contributed by atoms with Crippen molar-refractivity contribution < 1.29 is 32.6 Å². The first kappa shape index (κ1) is 24.5. The van der Waals surface area contributed by atoms with Crippen molar-refractivity contribution in [1.82, 2.24) is 4.98 Å². The predicted molar refractivity (Wildman–Crippen MR) is 127 cm³/mol. The van der Waals surface area contributed by atoms with Gasteiger partial charge in [-0.3, -0.25) is 9.78 Å². The molecule has 0 saturated carbocycles. The molecular formula is C27H19F3N2O4. The predicted octanol–water partition coefficient (Wildman–Crippen LogP) is 6.59. The van der Waals surface area contributed by atoms with Crippen molar-refractivity contribution in [2.45, 2.75) is 6.18 Å². The molecular weight excluding hydrogens is 473 g/mol. The number of hydrogen-bond donors (Lipinski definition) is 1. The van der Waals surface area contributed by atoms with Crippen molar-refractivity contribution in [2.24, 2.45) is 0 Å². The highest BCUT2D eigenvalue weighted by Crippen LogP contribution is 2.33. The zero-order valence-electron chi connectivity index (χ0n) is 18.9. The van der Waals surface area contributed by atoms with E-state index in [2.05, 4.69) is 4.98 Å². The second-order valence-corrected chi connectivity index (χ2v) is 7.77. The number of halogens is 3. The van der Waals surface area contributed by atoms with Gasteiger partial charge in [0.25, 0.3) is 0 Å². The molecule has 4 aromatic rings. The first-order chi connectivity index (χ1) is 17.1. The fraction of sp³-hybridized carbons (Fsp3) is 0.0741. The fourth-order valence-electron chi connectivity index (χ4n) is 3.45. The summed E-state index contributed by atoms with van der Waals surface area (Å²) in [6, 6.07) is 20.5. The number of nitrogens with zero attached hydrogens (tertiary/aromatic N) is 2. The van der Waals surface area contributed by atoms with Crippen LogP contribution in [0.3, 0.4) is 0 Å². The van der Waals surface area contributed by atoms with Gasteiger partial charge in [0, 0.05) is 18.3 Å². The molecule has 1 heterocycles. The summed E-state index contributed by atoms with van der Waals surface area (Å²) in [5, 5.41) is 9.61. The van der Waals surface area contributed by atoms with Crippen LogP contribution in [0.4, 0.5) is 24.5 Å². The summed E-state index contributed by atoms with van der Waals surface area (Å²) in [5.74, 6) is -1.25. The molecule has 0 amide bonds. The number of aromatic carboxylic acids is 1. The molecule has 1 N–H and O–H groups in total. The average Bonchev–Trinajstić information content (AvgIpc) is 2.88. The highest BCUT2D eigenvalue weighted by molar-refractivity contribution is 6.09. The van der Waals surface area contributed by atoms with Crippen molar-refractivity contribution in [3.05, 3.63) is 114 Å². The second kappa shape index (κ2) is 9.91. The molecule has 0 radical (unpaired) electrons. The van der Waals surface area contributed by atoms with E-state index in [0.717, 1.165) is 12.1 Å². The Morgan fingerprint density at radius 2 is 1.64 bits per heavy atom. The zero-order valence-corrected chi connectivity index (χ0v) is 18.9. The first-order valence-corrected chi connectivity index (χ1v) is 10.7. The summed E-state index contributed by atoms with van der Waals surface area (Å²) in [4.78, 5) is 30.4. The molecule has 3 aromatic carbocycles. The lowest BCUT2D eigenvalue weighted by Crippen LogP contribution is -2.13. The SMILES string of the molecule is CN(c1ccc(C(=O)c2ccc(Oc3ccccc3)c(C(=O)O)c2)nc1)c1cccc(C(F)(F)F)c1. The Bertz CT molecular complexity index is 1400. The summed E-state index contributed by atoms with van der Waals surface area (Å²) in [7, 11) is 1.58. The summed E-state index contributed by atoms with van der Waals surface area (Å²) < 4.78 is 44.7. The Labute approximate surface area is 204 Å². The molecule has 0 aliphatic heterocycles. The summed E-state index contributed by atoms with van der Waals surface area (Å²) in [6.45, 7) is 0. The maximum Gasteiger partial charge on any atom is 0.416 e. The molecule has 182 valence electrons. The van der Waals surface area contributed by atoms with Gasteiger partial charge in [0.05, 0.1) is 17.4 Å². The largest absolute Gasteiger partial charge is 0.478 e. The molecule has 6 nitrogen and oxygen atoms in total. The Balaban J connectivity index is 1.56. The number of para-hydroxylation sites is 1. The molecule has 0 saturated heterocycles. The standard InChI is InChI=1S/C27H19F3N2O4/c1-32(19-7-5-6-18(15-19)27(28,29)30)20-11-12-23(31-16-20)25(33)17-10-13-24(22(14-17)26(34)35)36-21-8-3-2-4-9-21/h2-16H,1H3,(H,34,35). The van der Waals surface area contributed by atoms with Crippen LogP contribution in [0, 0.1) is 0 Å². The third-order valence-electron chi connectivity index (χ3n) is 5.37. The number of carboxylic acid groups (broad SMARTS) is 1. The number of carboxylic acids is 1. The van der Waals surface area contributed by atoms with Gasteiger partial charge < -0.3 is 14.7 Å². The molecule has 0 aliphatic carbocycles. The van der Waals surface area contributed by atoms with Gasteiger partial charge in [-0.15, -0.1) is 0 Å². The van der Waals surface area contributed by atoms with E-state index in [0.29, 0.717) is 17.1 Å². The number of hydrogen-bond acceptors (Lipinski definition) is 5. The van der Waals surface area contributed by atoms with E-state index in [4.69, 9.17) is 4.74 Å². The highest BCUT2D eigenvalue weighted by atomic mass is 19.4. The van der Waals surface area contributed by atoms with Crippen molar-refractivity contribution in [1.29, 1.82) is 0 Å². The average molecular weight is 492 g/mol. The van der Waals surface area contributed by atoms with Gasteiger partial charge in [-0.1, -0.05) is 24.3 Å². The molecule has 0 atom stereocenters. The molecule has 0 spiro atoms. The monoisotopic (exact) mass is 492 g/mol. The topological polar surface area (TPSA) is 79.7 Å². The minimum Gasteiger partial charge on any atom is -0.478 e. The Morgan fingerprint density at radius 3 is 2.28 bits per heavy atom. The number of carbonyl (C=O) groups excluding carboxylic acids is 1. The smallest absolute Gasteiger partial charge is 0.416 e. The number of rotatable bonds is 7. The third kappa shape index (κ3) is 5.35. The summed E-state index contributed by atoms with van der Waals surface area (Å²) in [5.41, 5.74) is -0.0656. The van der Waals surface area contributed by atoms with Crippen molar-refractivity contribution in [3.8, 4) is 11.5 Å². The molecule has 0 aliphatic rings. The van der Waals surface area contributed by atoms with E-state index in [1.54, 1.807) is 43.4 Å². The quantitative estimate of drug-likeness (QED) is 0.293. The van der Waals surface area contributed by atoms with Gasteiger partial charge in [0.2, 0.25) is 5.78 Å². The molecule has 9 heteroatoms. The molecule has 0 unspecified atom stereocenters. The van der Waals surface area contributed by atoms with Gasteiger partial charge >= 0.3 is 12.1 Å². The van der Waals surface area contributed by atoms with E-state index < -0.39 is 23.5 Å². The number of benzene rings is 3. The van der Waals surface area contributed by atoms with Crippen LogP contribution in [-0.4, -0.2) is 28.9 Å². The van der Waals surface area contributed by atoms with Gasteiger partial charge in [-0.05, 0) is 60.7 Å². The van der Waals surface area contributed by atoms with Gasteiger partial charge in [-0.2, -0.15) is 13.2 Å².